The molecular weight excluding hydrogens is 378 g/mol. The van der Waals surface area contributed by atoms with Crippen LogP contribution in [-0.2, 0) is 0 Å². The van der Waals surface area contributed by atoms with Crippen molar-refractivity contribution in [1.82, 2.24) is 10.3 Å². The number of hydrogen-bond acceptors (Lipinski definition) is 4. The second-order valence-electron chi connectivity index (χ2n) is 7.41. The molecule has 0 spiro atoms. The van der Waals surface area contributed by atoms with Crippen molar-refractivity contribution in [2.75, 3.05) is 0 Å². The van der Waals surface area contributed by atoms with Gasteiger partial charge in [0, 0.05) is 33.2 Å². The van der Waals surface area contributed by atoms with Gasteiger partial charge in [0.05, 0.1) is 17.1 Å². The molecule has 1 aromatic heterocycles. The van der Waals surface area contributed by atoms with Gasteiger partial charge in [-0.25, -0.2) is 4.99 Å². The zero-order chi connectivity index (χ0) is 19.6. The summed E-state index contributed by atoms with van der Waals surface area (Å²) >= 11 is 1.68. The van der Waals surface area contributed by atoms with E-state index >= 15 is 0 Å². The Morgan fingerprint density at radius 2 is 1.79 bits per heavy atom. The molecule has 1 aliphatic heterocycles. The van der Waals surface area contributed by atoms with Gasteiger partial charge in [-0.1, -0.05) is 48.9 Å². The molecule has 5 rings (SSSR count). The molecule has 144 valence electrons. The molecule has 29 heavy (non-hydrogen) atoms. The van der Waals surface area contributed by atoms with E-state index < -0.39 is 0 Å². The van der Waals surface area contributed by atoms with Crippen LogP contribution in [0.1, 0.15) is 47.3 Å². The van der Waals surface area contributed by atoms with Gasteiger partial charge in [0.1, 0.15) is 0 Å². The van der Waals surface area contributed by atoms with E-state index in [0.717, 1.165) is 45.3 Å². The van der Waals surface area contributed by atoms with Crippen LogP contribution in [0.25, 0.3) is 0 Å². The number of carbonyl (C=O) groups excluding carboxylic acids is 1. The number of rotatable bonds is 3. The molecule has 0 radical (unpaired) electrons. The third-order valence-corrected chi connectivity index (χ3v) is 6.55. The topological polar surface area (TPSA) is 54.4 Å². The molecule has 0 bridgehead atoms. The molecule has 0 atom stereocenters. The second kappa shape index (κ2) is 7.84. The Kier molecular flexibility index (Phi) is 4.90. The fourth-order valence-electron chi connectivity index (χ4n) is 3.92. The molecule has 2 aliphatic rings. The van der Waals surface area contributed by atoms with E-state index in [4.69, 9.17) is 4.99 Å². The lowest BCUT2D eigenvalue weighted by molar-refractivity contribution is 0.0938. The molecule has 1 aliphatic carbocycles. The molecule has 4 nitrogen and oxygen atoms in total. The summed E-state index contributed by atoms with van der Waals surface area (Å²) < 4.78 is 0. The van der Waals surface area contributed by atoms with Crippen molar-refractivity contribution in [3.8, 4) is 0 Å². The molecule has 1 amide bonds. The summed E-state index contributed by atoms with van der Waals surface area (Å²) in [5, 5.41) is 3.17. The van der Waals surface area contributed by atoms with Crippen LogP contribution < -0.4 is 5.32 Å². The summed E-state index contributed by atoms with van der Waals surface area (Å²) in [5.74, 6) is -0.0129. The minimum Gasteiger partial charge on any atom is -0.349 e. The van der Waals surface area contributed by atoms with Crippen molar-refractivity contribution in [3.05, 3.63) is 83.7 Å². The Morgan fingerprint density at radius 1 is 0.966 bits per heavy atom. The smallest absolute Gasteiger partial charge is 0.251 e. The number of aromatic nitrogens is 1. The second-order valence-corrected chi connectivity index (χ2v) is 8.49. The fourth-order valence-corrected chi connectivity index (χ4v) is 4.92. The van der Waals surface area contributed by atoms with Gasteiger partial charge in [-0.3, -0.25) is 9.78 Å². The van der Waals surface area contributed by atoms with Crippen molar-refractivity contribution in [3.63, 3.8) is 0 Å². The third kappa shape index (κ3) is 3.70. The molecule has 0 saturated heterocycles. The number of nitrogens with zero attached hydrogens (tertiary/aromatic N) is 2. The van der Waals surface area contributed by atoms with Crippen molar-refractivity contribution in [2.45, 2.75) is 41.5 Å². The number of hydrogen-bond donors (Lipinski definition) is 1. The number of carbonyl (C=O) groups is 1. The summed E-state index contributed by atoms with van der Waals surface area (Å²) in [7, 11) is 0. The zero-order valence-corrected chi connectivity index (χ0v) is 16.8. The first-order valence-corrected chi connectivity index (χ1v) is 10.8. The first-order chi connectivity index (χ1) is 14.3. The predicted octanol–water partition coefficient (Wildman–Crippen LogP) is 5.39. The summed E-state index contributed by atoms with van der Waals surface area (Å²) in [4.78, 5) is 24.4. The number of aliphatic imine (C=N–C) groups is 1. The highest BCUT2D eigenvalue weighted by Gasteiger charge is 2.22. The van der Waals surface area contributed by atoms with Crippen molar-refractivity contribution in [2.24, 2.45) is 4.99 Å². The number of fused-ring (bicyclic) bond motifs is 2. The Hall–Kier alpha value is -2.92. The van der Waals surface area contributed by atoms with Crippen LogP contribution in [0.5, 0.6) is 0 Å². The summed E-state index contributed by atoms with van der Waals surface area (Å²) in [6, 6.07) is 20.2. The van der Waals surface area contributed by atoms with Gasteiger partial charge >= 0.3 is 0 Å². The average Bonchev–Trinajstić information content (AvgIpc) is 3.21. The number of pyridine rings is 1. The highest BCUT2D eigenvalue weighted by molar-refractivity contribution is 7.99. The SMILES string of the molecule is O=C(NC1CCCC1)c1ccc2c(c1)N=C(c1ccccn1)c1ccccc1S2. The van der Waals surface area contributed by atoms with Crippen molar-refractivity contribution in [1.29, 1.82) is 0 Å². The number of nitrogens with one attached hydrogen (secondary N) is 1. The molecule has 3 aromatic rings. The summed E-state index contributed by atoms with van der Waals surface area (Å²) in [6.45, 7) is 0. The summed E-state index contributed by atoms with van der Waals surface area (Å²) in [5.41, 5.74) is 4.19. The zero-order valence-electron chi connectivity index (χ0n) is 16.0. The van der Waals surface area contributed by atoms with Crippen LogP contribution in [0.3, 0.4) is 0 Å². The largest absolute Gasteiger partial charge is 0.349 e. The maximum Gasteiger partial charge on any atom is 0.251 e. The lowest BCUT2D eigenvalue weighted by atomic mass is 10.1. The van der Waals surface area contributed by atoms with Gasteiger partial charge in [-0.05, 0) is 49.2 Å². The number of benzene rings is 2. The Morgan fingerprint density at radius 3 is 2.62 bits per heavy atom. The Balaban J connectivity index is 1.57. The Labute approximate surface area is 174 Å². The van der Waals surface area contributed by atoms with Crippen molar-refractivity contribution >= 4 is 29.1 Å². The average molecular weight is 400 g/mol. The quantitative estimate of drug-likeness (QED) is 0.503. The highest BCUT2D eigenvalue weighted by Crippen LogP contribution is 2.41. The van der Waals surface area contributed by atoms with Crippen molar-refractivity contribution < 1.29 is 4.79 Å². The minimum absolute atomic E-state index is 0.0129. The monoisotopic (exact) mass is 399 g/mol. The van der Waals surface area contributed by atoms with Gasteiger partial charge in [-0.2, -0.15) is 0 Å². The molecule has 1 fully saturated rings. The maximum absolute atomic E-state index is 12.8. The highest BCUT2D eigenvalue weighted by atomic mass is 32.2. The number of amides is 1. The van der Waals surface area contributed by atoms with Gasteiger partial charge in [-0.15, -0.1) is 0 Å². The van der Waals surface area contributed by atoms with E-state index in [-0.39, 0.29) is 5.91 Å². The van der Waals surface area contributed by atoms with E-state index in [1.807, 2.05) is 48.5 Å². The van der Waals surface area contributed by atoms with E-state index in [9.17, 15) is 4.79 Å². The minimum atomic E-state index is -0.0129. The molecule has 1 N–H and O–H groups in total. The van der Waals surface area contributed by atoms with Gasteiger partial charge in [0.15, 0.2) is 0 Å². The van der Waals surface area contributed by atoms with Crippen LogP contribution in [0, 0.1) is 0 Å². The first kappa shape index (κ1) is 18.1. The summed E-state index contributed by atoms with van der Waals surface area (Å²) in [6.07, 6.45) is 6.32. The maximum atomic E-state index is 12.8. The molecule has 2 heterocycles. The third-order valence-electron chi connectivity index (χ3n) is 5.41. The molecule has 1 saturated carbocycles. The van der Waals surface area contributed by atoms with Gasteiger partial charge < -0.3 is 5.32 Å². The fraction of sp³-hybridized carbons (Fsp3) is 0.208. The van der Waals surface area contributed by atoms with Gasteiger partial charge in [0.2, 0.25) is 0 Å². The Bertz CT molecular complexity index is 1090. The van der Waals surface area contributed by atoms with E-state index in [2.05, 4.69) is 22.4 Å². The molecule has 0 unspecified atom stereocenters. The predicted molar refractivity (Wildman–Crippen MR) is 116 cm³/mol. The standard InChI is InChI=1S/C24H21N3OS/c28-24(26-17-7-1-2-8-17)16-12-13-22-20(15-16)27-23(19-10-5-6-14-25-19)18-9-3-4-11-21(18)29-22/h3-6,9-15,17H,1-2,7-8H2,(H,26,28). The molecule has 5 heteroatoms. The van der Waals surface area contributed by atoms with E-state index in [1.54, 1.807) is 18.0 Å². The normalized spacial score (nSPS) is 15.8. The van der Waals surface area contributed by atoms with Crippen LogP contribution >= 0.6 is 11.8 Å². The van der Waals surface area contributed by atoms with E-state index in [0.29, 0.717) is 11.6 Å². The van der Waals surface area contributed by atoms with Crippen LogP contribution in [0.4, 0.5) is 5.69 Å². The molecule has 2 aromatic carbocycles. The van der Waals surface area contributed by atoms with Crippen LogP contribution in [-0.4, -0.2) is 22.6 Å². The van der Waals surface area contributed by atoms with Crippen LogP contribution in [0.15, 0.2) is 81.6 Å². The first-order valence-electron chi connectivity index (χ1n) is 10.0. The van der Waals surface area contributed by atoms with Crippen LogP contribution in [0.2, 0.25) is 0 Å². The lowest BCUT2D eigenvalue weighted by Gasteiger charge is -2.12. The van der Waals surface area contributed by atoms with E-state index in [1.165, 1.54) is 12.8 Å². The lowest BCUT2D eigenvalue weighted by Crippen LogP contribution is -2.32. The van der Waals surface area contributed by atoms with Gasteiger partial charge in [0.25, 0.3) is 5.91 Å². The molecular formula is C24H21N3OS.